The third-order valence-electron chi connectivity index (χ3n) is 21.9. The van der Waals surface area contributed by atoms with Crippen molar-refractivity contribution < 1.29 is 18.7 Å². The molecule has 2 aliphatic rings. The molecule has 0 saturated carbocycles. The van der Waals surface area contributed by atoms with Gasteiger partial charge < -0.3 is 4.74 Å². The van der Waals surface area contributed by atoms with E-state index in [-0.39, 0.29) is 11.2 Å². The SMILES string of the molecule is Brc1ccc(Br)c2nonc12.CCC[CH2][Sn]([CH2]CCC)([CH2]CCC)[c]1cc2c(s1)-c1sc(C)cc1OC2(CCC(C)CCCC(C)C)CCC(C)CCCC(C)C.Cc1cc2c(s1)-c1sc(-c3ccc(C)c4nonc34)cc1C(CCC(C)CCCC(C)C)(CCC(C)CCCC(C)C)O2. The fourth-order valence-electron chi connectivity index (χ4n) is 15.4. The minimum absolute atomic E-state index is 0.166. The first-order valence-electron chi connectivity index (χ1n) is 39.5. The van der Waals surface area contributed by atoms with E-state index >= 15 is 0 Å². The minimum Gasteiger partial charge on any atom is -0.481 e. The zero-order valence-electron chi connectivity index (χ0n) is 65.1. The Morgan fingerprint density at radius 1 is 0.400 bits per heavy atom. The van der Waals surface area contributed by atoms with Gasteiger partial charge in [0.1, 0.15) is 22.4 Å². The molecule has 0 fully saturated rings. The van der Waals surface area contributed by atoms with Crippen molar-refractivity contribution in [3.05, 3.63) is 83.9 Å². The molecular formula is C85H128Br2N4O4S4Sn. The molecule has 0 aliphatic carbocycles. The van der Waals surface area contributed by atoms with Gasteiger partial charge in [-0.15, -0.1) is 22.7 Å². The summed E-state index contributed by atoms with van der Waals surface area (Å²) >= 11 is 12.1. The molecule has 15 heteroatoms. The topological polar surface area (TPSA) is 96.3 Å². The Labute approximate surface area is 642 Å². The Morgan fingerprint density at radius 3 is 1.16 bits per heavy atom. The van der Waals surface area contributed by atoms with E-state index in [9.17, 15) is 0 Å². The van der Waals surface area contributed by atoms with E-state index in [0.717, 1.165) is 96.2 Å². The first-order chi connectivity index (χ1) is 47.8. The molecule has 8 nitrogen and oxygen atoms in total. The smallest absolute Gasteiger partial charge is 0.481 e. The zero-order valence-corrected chi connectivity index (χ0v) is 74.3. The van der Waals surface area contributed by atoms with Gasteiger partial charge in [-0.05, 0) is 146 Å². The van der Waals surface area contributed by atoms with Crippen molar-refractivity contribution in [3.63, 3.8) is 0 Å². The molecule has 8 aromatic rings. The van der Waals surface area contributed by atoms with E-state index in [1.54, 1.807) is 23.8 Å². The fourth-order valence-corrected chi connectivity index (χ4v) is 40.0. The number of aromatic nitrogens is 4. The maximum absolute atomic E-state index is 7.46. The van der Waals surface area contributed by atoms with Crippen LogP contribution in [0.25, 0.3) is 52.0 Å². The second-order valence-electron chi connectivity index (χ2n) is 32.8. The van der Waals surface area contributed by atoms with Gasteiger partial charge in [-0.2, -0.15) is 0 Å². The van der Waals surface area contributed by atoms with Gasteiger partial charge in [-0.1, -0.05) is 92.2 Å². The average Bonchev–Trinajstić information content (AvgIpc) is 1.57. The Morgan fingerprint density at radius 2 is 0.770 bits per heavy atom. The second kappa shape index (κ2) is 39.8. The van der Waals surface area contributed by atoms with Crippen molar-refractivity contribution in [2.75, 3.05) is 0 Å². The number of hydrogen-bond donors (Lipinski definition) is 0. The van der Waals surface area contributed by atoms with Crippen molar-refractivity contribution in [1.29, 1.82) is 0 Å². The molecule has 100 heavy (non-hydrogen) atoms. The number of rotatable bonds is 39. The number of thiophene rings is 4. The normalized spacial score (nSPS) is 17.0. The van der Waals surface area contributed by atoms with Gasteiger partial charge in [0.15, 0.2) is 11.0 Å². The van der Waals surface area contributed by atoms with Crippen LogP contribution in [0, 0.1) is 68.1 Å². The number of aryl methyl sites for hydroxylation is 3. The second-order valence-corrected chi connectivity index (χ2v) is 53.3. The van der Waals surface area contributed by atoms with Crippen molar-refractivity contribution in [3.8, 4) is 41.4 Å². The molecule has 4 unspecified atom stereocenters. The predicted octanol–water partition coefficient (Wildman–Crippen LogP) is 30.0. The summed E-state index contributed by atoms with van der Waals surface area (Å²) in [6.45, 7) is 42.6. The van der Waals surface area contributed by atoms with E-state index in [0.29, 0.717) is 11.8 Å². The van der Waals surface area contributed by atoms with Gasteiger partial charge >= 0.3 is 301 Å². The molecule has 0 amide bonds. The van der Waals surface area contributed by atoms with Crippen molar-refractivity contribution in [2.24, 2.45) is 47.3 Å². The quantitative estimate of drug-likeness (QED) is 0.0352. The molecular weight excluding hydrogens is 1550 g/mol. The molecule has 0 radical (unpaired) electrons. The Kier molecular flexibility index (Phi) is 33.1. The average molecular weight is 1680 g/mol. The summed E-state index contributed by atoms with van der Waals surface area (Å²) in [5, 5.41) is 16.0. The van der Waals surface area contributed by atoms with Crippen LogP contribution in [0.3, 0.4) is 0 Å². The molecule has 6 aromatic heterocycles. The van der Waals surface area contributed by atoms with Gasteiger partial charge in [0, 0.05) is 29.8 Å². The van der Waals surface area contributed by atoms with Gasteiger partial charge in [0.25, 0.3) is 0 Å². The molecule has 554 valence electrons. The third-order valence-corrected chi connectivity index (χ3v) is 46.1. The molecule has 0 bridgehead atoms. The third kappa shape index (κ3) is 22.5. The molecule has 2 aromatic carbocycles. The van der Waals surface area contributed by atoms with Crippen molar-refractivity contribution in [1.82, 2.24) is 20.6 Å². The summed E-state index contributed by atoms with van der Waals surface area (Å²) in [7, 11) is 0. The van der Waals surface area contributed by atoms with E-state index in [2.05, 4.69) is 229 Å². The van der Waals surface area contributed by atoms with Crippen LogP contribution in [0.15, 0.2) is 66.7 Å². The van der Waals surface area contributed by atoms with Crippen LogP contribution in [0.1, 0.15) is 297 Å². The van der Waals surface area contributed by atoms with E-state index in [1.165, 1.54) is 195 Å². The molecule has 2 aliphatic heterocycles. The molecule has 0 N–H and O–H groups in total. The number of fused-ring (bicyclic) bond motifs is 8. The Balaban J connectivity index is 0.000000220. The van der Waals surface area contributed by atoms with Gasteiger partial charge in [0.05, 0.1) is 9.75 Å². The maximum atomic E-state index is 7.46. The Bertz CT molecular complexity index is 3630. The van der Waals surface area contributed by atoms with Crippen LogP contribution in [-0.4, -0.2) is 39.0 Å². The van der Waals surface area contributed by atoms with Crippen molar-refractivity contribution in [2.45, 2.75) is 316 Å². The first-order valence-corrected chi connectivity index (χ1v) is 51.8. The van der Waals surface area contributed by atoms with Crippen LogP contribution < -0.4 is 12.4 Å². The molecule has 10 rings (SSSR count). The molecule has 8 heterocycles. The van der Waals surface area contributed by atoms with Gasteiger partial charge in [0.2, 0.25) is 0 Å². The van der Waals surface area contributed by atoms with Crippen LogP contribution in [0.5, 0.6) is 11.5 Å². The summed E-state index contributed by atoms with van der Waals surface area (Å²) in [5.74, 6) is 8.35. The van der Waals surface area contributed by atoms with E-state index < -0.39 is 18.4 Å². The zero-order chi connectivity index (χ0) is 72.3. The summed E-state index contributed by atoms with van der Waals surface area (Å²) in [6, 6.07) is 18.0. The first kappa shape index (κ1) is 83.0. The number of unbranched alkanes of at least 4 members (excludes halogenated alkanes) is 3. The van der Waals surface area contributed by atoms with Crippen LogP contribution in [0.4, 0.5) is 0 Å². The van der Waals surface area contributed by atoms with Crippen LogP contribution in [0.2, 0.25) is 13.3 Å². The molecule has 4 atom stereocenters. The van der Waals surface area contributed by atoms with Crippen LogP contribution in [-0.2, 0) is 11.2 Å². The minimum atomic E-state index is -2.59. The number of halogens is 2. The summed E-state index contributed by atoms with van der Waals surface area (Å²) in [6.07, 6.45) is 33.7. The van der Waals surface area contributed by atoms with Gasteiger partial charge in [-0.3, -0.25) is 0 Å². The number of hydrogen-bond acceptors (Lipinski definition) is 12. The number of benzene rings is 2. The van der Waals surface area contributed by atoms with Gasteiger partial charge in [-0.25, -0.2) is 9.26 Å². The summed E-state index contributed by atoms with van der Waals surface area (Å²) in [5.41, 5.74) is 7.90. The summed E-state index contributed by atoms with van der Waals surface area (Å²) < 4.78 is 32.8. The molecule has 0 spiro atoms. The fraction of sp³-hybridized carbons (Fsp3) is 0.671. The van der Waals surface area contributed by atoms with E-state index in [1.807, 2.05) is 49.0 Å². The van der Waals surface area contributed by atoms with Crippen LogP contribution >= 0.6 is 77.2 Å². The van der Waals surface area contributed by atoms with Crippen molar-refractivity contribution >= 4 is 121 Å². The standard InChI is InChI=1S/C37H52N2O2S2.C30H47OS2.C6H2Br2N2O.3C4H9.Sn/c1-23(2)11-9-13-25(5)17-19-37(20-18-26(6)14-10-12-24(3)4)30-22-32(29-16-15-27(7)33-34(29)39-41-38-33)43-35(30)36-31(40-37)21-28(8)42-36;1-21(2)10-8-12-23(5)14-17-30(18-15-24(6)13-9-11-22(3)4)26-16-19-32-28(26)29-27(31-30)20-25(7)33-29;7-3-1-2-4(8)6-5(3)9-11-10-6;3*1-3-4-2;/h15-16,21-26H,9-14,17-20H2,1-8H3;16,20-24H,8-15,17-18H2,1-7H3;1-2H;3*1,3-4H2,2H3;. The molecule has 0 saturated heterocycles. The van der Waals surface area contributed by atoms with E-state index in [4.69, 9.17) is 14.1 Å². The number of nitrogens with zero attached hydrogens (tertiary/aromatic N) is 4. The number of ether oxygens (including phenoxy) is 2. The monoisotopic (exact) mass is 1670 g/mol. The predicted molar refractivity (Wildman–Crippen MR) is 445 cm³/mol. The summed E-state index contributed by atoms with van der Waals surface area (Å²) in [4.78, 5) is 9.70. The Hall–Kier alpha value is -2.60.